The summed E-state index contributed by atoms with van der Waals surface area (Å²) in [7, 11) is 0. The lowest BCUT2D eigenvalue weighted by Gasteiger charge is -2.52. The molecule has 0 atom stereocenters. The van der Waals surface area contributed by atoms with Crippen LogP contribution in [-0.2, 0) is 4.74 Å². The van der Waals surface area contributed by atoms with E-state index in [-0.39, 0.29) is 5.41 Å². The highest BCUT2D eigenvalue weighted by Gasteiger charge is 2.50. The quantitative estimate of drug-likeness (QED) is 0.795. The van der Waals surface area contributed by atoms with Crippen LogP contribution in [0.15, 0.2) is 0 Å². The molecule has 0 amide bonds. The van der Waals surface area contributed by atoms with Gasteiger partial charge in [0, 0.05) is 38.0 Å². The molecule has 2 fully saturated rings. The van der Waals surface area contributed by atoms with E-state index in [1.807, 2.05) is 0 Å². The Kier molecular flexibility index (Phi) is 4.11. The number of hydrogen-bond donors (Lipinski definition) is 2. The number of hydrogen-bond acceptors (Lipinski definition) is 3. The van der Waals surface area contributed by atoms with Gasteiger partial charge in [-0.2, -0.15) is 0 Å². The molecule has 1 saturated heterocycles. The third kappa shape index (κ3) is 2.38. The molecule has 1 heterocycles. The molecular formula is C14H27NO2. The fourth-order valence-electron chi connectivity index (χ4n) is 3.74. The van der Waals surface area contributed by atoms with Gasteiger partial charge in [-0.1, -0.05) is 13.3 Å². The van der Waals surface area contributed by atoms with E-state index in [1.54, 1.807) is 0 Å². The van der Waals surface area contributed by atoms with Crippen molar-refractivity contribution < 1.29 is 9.84 Å². The Balaban J connectivity index is 2.09. The summed E-state index contributed by atoms with van der Waals surface area (Å²) in [4.78, 5) is 0. The monoisotopic (exact) mass is 241 g/mol. The smallest absolute Gasteiger partial charge is 0.0759 e. The van der Waals surface area contributed by atoms with Crippen LogP contribution in [0.3, 0.4) is 0 Å². The zero-order chi connectivity index (χ0) is 12.4. The van der Waals surface area contributed by atoms with Crippen LogP contribution in [0.25, 0.3) is 0 Å². The zero-order valence-corrected chi connectivity index (χ0v) is 11.1. The van der Waals surface area contributed by atoms with Crippen molar-refractivity contribution in [3.05, 3.63) is 0 Å². The molecule has 0 radical (unpaired) electrons. The maximum atomic E-state index is 10.9. The molecule has 3 N–H and O–H groups in total. The minimum absolute atomic E-state index is 0.0392. The van der Waals surface area contributed by atoms with Crippen LogP contribution in [0, 0.1) is 11.3 Å². The van der Waals surface area contributed by atoms with E-state index in [0.29, 0.717) is 19.8 Å². The summed E-state index contributed by atoms with van der Waals surface area (Å²) >= 11 is 0. The minimum atomic E-state index is -0.571. The first-order valence-electron chi connectivity index (χ1n) is 7.16. The normalized spacial score (nSPS) is 37.9. The molecule has 0 aromatic carbocycles. The van der Waals surface area contributed by atoms with Crippen LogP contribution in [0.1, 0.15) is 51.9 Å². The van der Waals surface area contributed by atoms with E-state index in [4.69, 9.17) is 10.5 Å². The standard InChI is InChI=1S/C14H27NO2/c1-2-12-3-5-13(11-15,6-4-12)14(16)7-9-17-10-8-14/h12,16H,2-11,15H2,1H3. The molecule has 0 aromatic heterocycles. The van der Waals surface area contributed by atoms with Crippen molar-refractivity contribution in [2.45, 2.75) is 57.5 Å². The first-order chi connectivity index (χ1) is 8.16. The van der Waals surface area contributed by atoms with Crippen molar-refractivity contribution in [3.63, 3.8) is 0 Å². The number of ether oxygens (including phenoxy) is 1. The lowest BCUT2D eigenvalue weighted by atomic mass is 9.59. The molecule has 100 valence electrons. The molecule has 0 aromatic rings. The Hall–Kier alpha value is -0.120. The van der Waals surface area contributed by atoms with E-state index in [2.05, 4.69) is 6.92 Å². The van der Waals surface area contributed by atoms with Crippen LogP contribution in [0.2, 0.25) is 0 Å². The summed E-state index contributed by atoms with van der Waals surface area (Å²) in [5.41, 5.74) is 5.43. The van der Waals surface area contributed by atoms with Crippen molar-refractivity contribution in [2.24, 2.45) is 17.1 Å². The van der Waals surface area contributed by atoms with E-state index in [9.17, 15) is 5.11 Å². The van der Waals surface area contributed by atoms with Gasteiger partial charge in [0.25, 0.3) is 0 Å². The molecular weight excluding hydrogens is 214 g/mol. The molecule has 0 bridgehead atoms. The van der Waals surface area contributed by atoms with E-state index in [0.717, 1.165) is 31.6 Å². The largest absolute Gasteiger partial charge is 0.389 e. The first kappa shape index (κ1) is 13.3. The molecule has 0 spiro atoms. The summed E-state index contributed by atoms with van der Waals surface area (Å²) < 4.78 is 5.39. The van der Waals surface area contributed by atoms with Crippen molar-refractivity contribution in [1.82, 2.24) is 0 Å². The number of aliphatic hydroxyl groups is 1. The Morgan fingerprint density at radius 2 is 1.76 bits per heavy atom. The van der Waals surface area contributed by atoms with Gasteiger partial charge in [0.05, 0.1) is 5.60 Å². The lowest BCUT2D eigenvalue weighted by molar-refractivity contribution is -0.156. The molecule has 1 saturated carbocycles. The van der Waals surface area contributed by atoms with Gasteiger partial charge in [-0.25, -0.2) is 0 Å². The van der Waals surface area contributed by atoms with Gasteiger partial charge >= 0.3 is 0 Å². The van der Waals surface area contributed by atoms with Crippen LogP contribution < -0.4 is 5.73 Å². The van der Waals surface area contributed by atoms with Crippen LogP contribution in [-0.4, -0.2) is 30.5 Å². The highest BCUT2D eigenvalue weighted by Crippen LogP contribution is 2.50. The molecule has 2 aliphatic rings. The van der Waals surface area contributed by atoms with E-state index < -0.39 is 5.60 Å². The van der Waals surface area contributed by atoms with Gasteiger partial charge in [-0.05, 0) is 31.6 Å². The molecule has 3 heteroatoms. The van der Waals surface area contributed by atoms with Crippen molar-refractivity contribution >= 4 is 0 Å². The van der Waals surface area contributed by atoms with Gasteiger partial charge in [0.15, 0.2) is 0 Å². The van der Waals surface area contributed by atoms with Crippen LogP contribution in [0.5, 0.6) is 0 Å². The Morgan fingerprint density at radius 1 is 1.18 bits per heavy atom. The van der Waals surface area contributed by atoms with Crippen molar-refractivity contribution in [1.29, 1.82) is 0 Å². The molecule has 2 rings (SSSR count). The molecule has 1 aliphatic heterocycles. The SMILES string of the molecule is CCC1CCC(CN)(C2(O)CCOCC2)CC1. The summed E-state index contributed by atoms with van der Waals surface area (Å²) in [6, 6.07) is 0. The molecule has 1 aliphatic carbocycles. The number of nitrogens with two attached hydrogens (primary N) is 1. The first-order valence-corrected chi connectivity index (χ1v) is 7.16. The zero-order valence-electron chi connectivity index (χ0n) is 11.1. The lowest BCUT2D eigenvalue weighted by Crippen LogP contribution is -2.56. The van der Waals surface area contributed by atoms with Crippen molar-refractivity contribution in [3.8, 4) is 0 Å². The van der Waals surface area contributed by atoms with Gasteiger partial charge in [0.2, 0.25) is 0 Å². The average Bonchev–Trinajstić information content (AvgIpc) is 2.39. The summed E-state index contributed by atoms with van der Waals surface area (Å²) in [5, 5.41) is 10.9. The Labute approximate surface area is 105 Å². The summed E-state index contributed by atoms with van der Waals surface area (Å²) in [6.45, 7) is 4.27. The predicted octanol–water partition coefficient (Wildman–Crippen LogP) is 2.07. The Morgan fingerprint density at radius 3 is 2.24 bits per heavy atom. The summed E-state index contributed by atoms with van der Waals surface area (Å²) in [5.74, 6) is 0.845. The third-order valence-corrected chi connectivity index (χ3v) is 5.34. The molecule has 17 heavy (non-hydrogen) atoms. The second kappa shape index (κ2) is 5.25. The fraction of sp³-hybridized carbons (Fsp3) is 1.00. The third-order valence-electron chi connectivity index (χ3n) is 5.34. The second-order valence-electron chi connectivity index (χ2n) is 5.98. The Bertz CT molecular complexity index is 241. The fourth-order valence-corrected chi connectivity index (χ4v) is 3.74. The summed E-state index contributed by atoms with van der Waals surface area (Å²) in [6.07, 6.45) is 7.45. The van der Waals surface area contributed by atoms with Crippen molar-refractivity contribution in [2.75, 3.05) is 19.8 Å². The topological polar surface area (TPSA) is 55.5 Å². The number of rotatable bonds is 3. The van der Waals surface area contributed by atoms with Crippen LogP contribution in [0.4, 0.5) is 0 Å². The second-order valence-corrected chi connectivity index (χ2v) is 5.98. The van der Waals surface area contributed by atoms with Gasteiger partial charge < -0.3 is 15.6 Å². The van der Waals surface area contributed by atoms with E-state index >= 15 is 0 Å². The molecule has 3 nitrogen and oxygen atoms in total. The van der Waals surface area contributed by atoms with Gasteiger partial charge in [-0.15, -0.1) is 0 Å². The van der Waals surface area contributed by atoms with Crippen LogP contribution >= 0.6 is 0 Å². The highest BCUT2D eigenvalue weighted by atomic mass is 16.5. The predicted molar refractivity (Wildman–Crippen MR) is 68.7 cm³/mol. The van der Waals surface area contributed by atoms with Gasteiger partial charge in [-0.3, -0.25) is 0 Å². The molecule has 0 unspecified atom stereocenters. The maximum Gasteiger partial charge on any atom is 0.0759 e. The highest BCUT2D eigenvalue weighted by molar-refractivity contribution is 5.02. The average molecular weight is 241 g/mol. The van der Waals surface area contributed by atoms with Gasteiger partial charge in [0.1, 0.15) is 0 Å². The minimum Gasteiger partial charge on any atom is -0.389 e. The van der Waals surface area contributed by atoms with E-state index in [1.165, 1.54) is 19.3 Å². The maximum absolute atomic E-state index is 10.9.